The first-order chi connectivity index (χ1) is 7.18. The average Bonchev–Trinajstić information content (AvgIpc) is 2.54. The average molecular weight is 318 g/mol. The number of rotatable bonds is 3. The van der Waals surface area contributed by atoms with Crippen molar-refractivity contribution in [3.05, 3.63) is 11.6 Å². The van der Waals surface area contributed by atoms with Gasteiger partial charge in [0.25, 0.3) is 0 Å². The third-order valence-electron chi connectivity index (χ3n) is 4.79. The van der Waals surface area contributed by atoms with Crippen LogP contribution in [0.15, 0.2) is 11.6 Å². The number of hydrogen-bond acceptors (Lipinski definition) is 0. The maximum atomic E-state index is 2.58. The molecule has 3 atom stereocenters. The van der Waals surface area contributed by atoms with Crippen LogP contribution < -0.4 is 0 Å². The van der Waals surface area contributed by atoms with E-state index in [0.29, 0.717) is 5.41 Å². The van der Waals surface area contributed by atoms with Gasteiger partial charge in [-0.2, -0.15) is 0 Å². The molecule has 0 heterocycles. The molecule has 0 aromatic rings. The molecule has 1 saturated carbocycles. The van der Waals surface area contributed by atoms with E-state index in [1.807, 2.05) is 0 Å². The highest BCUT2D eigenvalue weighted by Gasteiger charge is 2.44. The summed E-state index contributed by atoms with van der Waals surface area (Å²) in [6.07, 6.45) is 11.1. The number of halogens is 1. The largest absolute Gasteiger partial charge is 0.0864 e. The summed E-state index contributed by atoms with van der Waals surface area (Å²) in [6.45, 7) is 5.01. The fraction of sp³-hybridized carbons (Fsp3) is 0.857. The second-order valence-corrected chi connectivity index (χ2v) is 6.73. The zero-order valence-electron chi connectivity index (χ0n) is 10.1. The molecule has 0 aliphatic heterocycles. The van der Waals surface area contributed by atoms with Crippen LogP contribution in [0.25, 0.3) is 0 Å². The van der Waals surface area contributed by atoms with Crippen molar-refractivity contribution in [1.82, 2.24) is 0 Å². The van der Waals surface area contributed by atoms with Crippen LogP contribution in [0.1, 0.15) is 52.4 Å². The Morgan fingerprint density at radius 2 is 2.33 bits per heavy atom. The van der Waals surface area contributed by atoms with Gasteiger partial charge in [0.05, 0.1) is 0 Å². The normalized spacial score (nSPS) is 40.1. The van der Waals surface area contributed by atoms with Crippen molar-refractivity contribution in [2.24, 2.45) is 17.3 Å². The molecule has 0 N–H and O–H groups in total. The van der Waals surface area contributed by atoms with Gasteiger partial charge in [0.2, 0.25) is 0 Å². The van der Waals surface area contributed by atoms with E-state index in [1.165, 1.54) is 43.0 Å². The van der Waals surface area contributed by atoms with Crippen LogP contribution in [-0.2, 0) is 0 Å². The molecule has 0 unspecified atom stereocenters. The molecule has 0 nitrogen and oxygen atoms in total. The number of alkyl halides is 1. The Hall–Kier alpha value is 0.470. The van der Waals surface area contributed by atoms with Crippen LogP contribution >= 0.6 is 22.6 Å². The summed E-state index contributed by atoms with van der Waals surface area (Å²) in [4.78, 5) is 0. The molecule has 86 valence electrons. The summed E-state index contributed by atoms with van der Waals surface area (Å²) in [6, 6.07) is 0. The Morgan fingerprint density at radius 1 is 1.53 bits per heavy atom. The molecule has 2 aliphatic carbocycles. The number of hydrogen-bond donors (Lipinski definition) is 0. The van der Waals surface area contributed by atoms with Gasteiger partial charge in [0.15, 0.2) is 0 Å². The lowest BCUT2D eigenvalue weighted by atomic mass is 9.62. The van der Waals surface area contributed by atoms with Crippen LogP contribution in [0.2, 0.25) is 0 Å². The lowest BCUT2D eigenvalue weighted by Gasteiger charge is -2.43. The van der Waals surface area contributed by atoms with E-state index < -0.39 is 0 Å². The Kier molecular flexibility index (Phi) is 3.79. The summed E-state index contributed by atoms with van der Waals surface area (Å²) < 4.78 is 1.31. The molecule has 0 aromatic heterocycles. The molecule has 0 radical (unpaired) electrons. The molecule has 0 spiro atoms. The van der Waals surface area contributed by atoms with Crippen LogP contribution in [0, 0.1) is 17.3 Å². The van der Waals surface area contributed by atoms with Crippen LogP contribution in [0.5, 0.6) is 0 Å². The Labute approximate surface area is 108 Å². The van der Waals surface area contributed by atoms with Gasteiger partial charge in [-0.25, -0.2) is 0 Å². The first-order valence-corrected chi connectivity index (χ1v) is 7.96. The van der Waals surface area contributed by atoms with Crippen molar-refractivity contribution in [3.63, 3.8) is 0 Å². The zero-order chi connectivity index (χ0) is 10.9. The van der Waals surface area contributed by atoms with E-state index in [4.69, 9.17) is 0 Å². The van der Waals surface area contributed by atoms with E-state index in [-0.39, 0.29) is 0 Å². The first-order valence-electron chi connectivity index (χ1n) is 6.44. The molecular formula is C14H23I. The number of fused-ring (bicyclic) bond motifs is 1. The van der Waals surface area contributed by atoms with Crippen molar-refractivity contribution in [1.29, 1.82) is 0 Å². The predicted octanol–water partition coefficient (Wildman–Crippen LogP) is 4.97. The standard InChI is InChI=1S/C14H23I/c1-11-5-3-9-14(2)12(6-4-10-15)7-8-13(11)14/h7,11,13H,3-6,8-10H2,1-2H3/t11-,13-,14+/m0/s1. The molecule has 0 saturated heterocycles. The molecule has 2 rings (SSSR count). The monoisotopic (exact) mass is 318 g/mol. The van der Waals surface area contributed by atoms with Gasteiger partial charge in [-0.15, -0.1) is 0 Å². The smallest absolute Gasteiger partial charge is 0.000168 e. The molecule has 0 bridgehead atoms. The highest BCUT2D eigenvalue weighted by atomic mass is 127. The van der Waals surface area contributed by atoms with Crippen molar-refractivity contribution < 1.29 is 0 Å². The van der Waals surface area contributed by atoms with Crippen LogP contribution in [0.4, 0.5) is 0 Å². The summed E-state index contributed by atoms with van der Waals surface area (Å²) >= 11 is 2.50. The van der Waals surface area contributed by atoms with E-state index in [0.717, 1.165) is 11.8 Å². The van der Waals surface area contributed by atoms with Crippen molar-refractivity contribution in [2.45, 2.75) is 52.4 Å². The summed E-state index contributed by atoms with van der Waals surface area (Å²) in [5.41, 5.74) is 2.39. The Balaban J connectivity index is 2.08. The molecule has 0 aromatic carbocycles. The maximum Gasteiger partial charge on any atom is -0.000168 e. The number of allylic oxidation sites excluding steroid dienone is 2. The minimum Gasteiger partial charge on any atom is -0.0864 e. The third-order valence-corrected chi connectivity index (χ3v) is 5.56. The molecule has 0 amide bonds. The van der Waals surface area contributed by atoms with Gasteiger partial charge in [-0.3, -0.25) is 0 Å². The maximum absolute atomic E-state index is 2.58. The summed E-state index contributed by atoms with van der Waals surface area (Å²) in [5, 5.41) is 0. The molecular weight excluding hydrogens is 295 g/mol. The quantitative estimate of drug-likeness (QED) is 0.391. The van der Waals surface area contributed by atoms with Gasteiger partial charge in [0.1, 0.15) is 0 Å². The highest BCUT2D eigenvalue weighted by molar-refractivity contribution is 14.1. The highest BCUT2D eigenvalue weighted by Crippen LogP contribution is 2.55. The molecule has 1 heteroatoms. The fourth-order valence-corrected chi connectivity index (χ4v) is 4.23. The predicted molar refractivity (Wildman–Crippen MR) is 75.4 cm³/mol. The van der Waals surface area contributed by atoms with E-state index in [1.54, 1.807) is 5.57 Å². The Morgan fingerprint density at radius 3 is 3.07 bits per heavy atom. The Bertz CT molecular complexity index is 256. The van der Waals surface area contributed by atoms with Gasteiger partial charge in [-0.05, 0) is 47.4 Å². The fourth-order valence-electron chi connectivity index (χ4n) is 3.84. The van der Waals surface area contributed by atoms with E-state index in [9.17, 15) is 0 Å². The van der Waals surface area contributed by atoms with Crippen molar-refractivity contribution in [3.8, 4) is 0 Å². The van der Waals surface area contributed by atoms with Crippen LogP contribution in [-0.4, -0.2) is 4.43 Å². The minimum absolute atomic E-state index is 0.587. The second-order valence-electron chi connectivity index (χ2n) is 5.65. The van der Waals surface area contributed by atoms with E-state index in [2.05, 4.69) is 42.5 Å². The third kappa shape index (κ3) is 2.13. The lowest BCUT2D eigenvalue weighted by molar-refractivity contribution is 0.116. The molecule has 15 heavy (non-hydrogen) atoms. The first kappa shape index (κ1) is 11.9. The summed E-state index contributed by atoms with van der Waals surface area (Å²) in [7, 11) is 0. The van der Waals surface area contributed by atoms with Gasteiger partial charge in [0, 0.05) is 0 Å². The molecule has 1 fully saturated rings. The topological polar surface area (TPSA) is 0 Å². The second kappa shape index (κ2) is 4.77. The SMILES string of the molecule is C[C@H]1CCC[C@]2(C)C(CCCI)=CC[C@@H]12. The van der Waals surface area contributed by atoms with Gasteiger partial charge in [-0.1, -0.05) is 60.9 Å². The van der Waals surface area contributed by atoms with Crippen molar-refractivity contribution in [2.75, 3.05) is 4.43 Å². The zero-order valence-corrected chi connectivity index (χ0v) is 12.2. The van der Waals surface area contributed by atoms with E-state index >= 15 is 0 Å². The molecule has 2 aliphatic rings. The minimum atomic E-state index is 0.587. The lowest BCUT2D eigenvalue weighted by Crippen LogP contribution is -2.34. The van der Waals surface area contributed by atoms with Gasteiger partial charge < -0.3 is 0 Å². The van der Waals surface area contributed by atoms with Crippen molar-refractivity contribution >= 4 is 22.6 Å². The van der Waals surface area contributed by atoms with Gasteiger partial charge >= 0.3 is 0 Å². The summed E-state index contributed by atoms with van der Waals surface area (Å²) in [5.74, 6) is 1.92. The van der Waals surface area contributed by atoms with Crippen LogP contribution in [0.3, 0.4) is 0 Å².